The minimum atomic E-state index is -0.267. The summed E-state index contributed by atoms with van der Waals surface area (Å²) in [6.07, 6.45) is 0.533. The molecule has 1 rings (SSSR count). The molecule has 1 aromatic carbocycles. The van der Waals surface area contributed by atoms with E-state index >= 15 is 0 Å². The van der Waals surface area contributed by atoms with Gasteiger partial charge in [-0.1, -0.05) is 51.1 Å². The Bertz CT molecular complexity index is 353. The summed E-state index contributed by atoms with van der Waals surface area (Å²) in [6.45, 7) is 11.7. The van der Waals surface area contributed by atoms with Crippen molar-refractivity contribution in [1.29, 1.82) is 0 Å². The Morgan fingerprint density at radius 1 is 1.11 bits per heavy atom. The molecular weight excluding hydrogens is 234 g/mol. The molecule has 2 nitrogen and oxygen atoms in total. The van der Waals surface area contributed by atoms with Crippen molar-refractivity contribution >= 4 is 0 Å². The molecule has 0 aliphatic carbocycles. The average Bonchev–Trinajstić information content (AvgIpc) is 2.33. The lowest BCUT2D eigenvalue weighted by Gasteiger charge is -2.30. The van der Waals surface area contributed by atoms with Crippen LogP contribution in [0.2, 0.25) is 0 Å². The van der Waals surface area contributed by atoms with E-state index in [1.165, 1.54) is 5.56 Å². The zero-order chi connectivity index (χ0) is 14.5. The van der Waals surface area contributed by atoms with E-state index in [1.54, 1.807) is 0 Å². The third kappa shape index (κ3) is 5.75. The van der Waals surface area contributed by atoms with Crippen LogP contribution in [-0.4, -0.2) is 23.8 Å². The molecule has 2 heteroatoms. The number of aliphatic hydroxyl groups excluding tert-OH is 1. The van der Waals surface area contributed by atoms with Crippen molar-refractivity contribution in [3.63, 3.8) is 0 Å². The van der Waals surface area contributed by atoms with Crippen molar-refractivity contribution in [3.05, 3.63) is 35.9 Å². The lowest BCUT2D eigenvalue weighted by atomic mass is 9.87. The Balaban J connectivity index is 2.66. The highest BCUT2D eigenvalue weighted by Crippen LogP contribution is 2.23. The van der Waals surface area contributed by atoms with Gasteiger partial charge in [0.1, 0.15) is 0 Å². The molecule has 0 amide bonds. The maximum absolute atomic E-state index is 9.68. The molecule has 19 heavy (non-hydrogen) atoms. The van der Waals surface area contributed by atoms with Crippen LogP contribution < -0.4 is 5.32 Å². The number of aliphatic hydroxyl groups is 1. The Labute approximate surface area is 118 Å². The van der Waals surface area contributed by atoms with Crippen LogP contribution in [0.5, 0.6) is 0 Å². The predicted molar refractivity (Wildman–Crippen MR) is 82.4 cm³/mol. The van der Waals surface area contributed by atoms with Crippen LogP contribution in [0.3, 0.4) is 0 Å². The maximum Gasteiger partial charge on any atom is 0.0518 e. The molecule has 2 N–H and O–H groups in total. The Hall–Kier alpha value is -0.860. The number of hydrogen-bond donors (Lipinski definition) is 2. The zero-order valence-corrected chi connectivity index (χ0v) is 13.0. The van der Waals surface area contributed by atoms with Gasteiger partial charge in [0.05, 0.1) is 6.10 Å². The van der Waals surface area contributed by atoms with Crippen LogP contribution in [0.1, 0.15) is 52.5 Å². The quantitative estimate of drug-likeness (QED) is 0.822. The molecule has 0 aliphatic heterocycles. The van der Waals surface area contributed by atoms with Crippen LogP contribution in [0.4, 0.5) is 0 Å². The van der Waals surface area contributed by atoms with Gasteiger partial charge in [-0.05, 0) is 37.2 Å². The summed E-state index contributed by atoms with van der Waals surface area (Å²) < 4.78 is 0. The lowest BCUT2D eigenvalue weighted by Crippen LogP contribution is -2.40. The molecule has 0 saturated carbocycles. The van der Waals surface area contributed by atoms with E-state index in [0.717, 1.165) is 13.0 Å². The molecule has 3 unspecified atom stereocenters. The van der Waals surface area contributed by atoms with Crippen LogP contribution in [0.25, 0.3) is 0 Å². The largest absolute Gasteiger partial charge is 0.393 e. The molecule has 0 fully saturated rings. The SMILES string of the molecule is CC(O)CC(CNC(C)C(C)(C)C)c1ccccc1. The molecule has 0 heterocycles. The van der Waals surface area contributed by atoms with Crippen LogP contribution in [0, 0.1) is 5.41 Å². The summed E-state index contributed by atoms with van der Waals surface area (Å²) in [5.41, 5.74) is 1.56. The first-order valence-corrected chi connectivity index (χ1v) is 7.27. The highest BCUT2D eigenvalue weighted by Gasteiger charge is 2.21. The molecule has 0 bridgehead atoms. The molecule has 1 aromatic rings. The normalized spacial score (nSPS) is 16.9. The standard InChI is InChI=1S/C17H29NO/c1-13(19)11-16(15-9-7-6-8-10-15)12-18-14(2)17(3,4)5/h6-10,13-14,16,18-19H,11-12H2,1-5H3. The predicted octanol–water partition coefficient (Wildman–Crippen LogP) is 3.57. The number of hydrogen-bond acceptors (Lipinski definition) is 2. The molecule has 3 atom stereocenters. The second kappa shape index (κ2) is 7.06. The van der Waals surface area contributed by atoms with Crippen molar-refractivity contribution in [3.8, 4) is 0 Å². The van der Waals surface area contributed by atoms with Crippen LogP contribution in [0.15, 0.2) is 30.3 Å². The smallest absolute Gasteiger partial charge is 0.0518 e. The highest BCUT2D eigenvalue weighted by atomic mass is 16.3. The third-order valence-corrected chi connectivity index (χ3v) is 3.87. The first kappa shape index (κ1) is 16.2. The van der Waals surface area contributed by atoms with Crippen molar-refractivity contribution in [2.75, 3.05) is 6.54 Å². The number of benzene rings is 1. The van der Waals surface area contributed by atoms with Gasteiger partial charge >= 0.3 is 0 Å². The summed E-state index contributed by atoms with van der Waals surface area (Å²) in [5, 5.41) is 13.3. The van der Waals surface area contributed by atoms with Crippen molar-refractivity contribution < 1.29 is 5.11 Å². The minimum absolute atomic E-state index is 0.256. The van der Waals surface area contributed by atoms with Crippen LogP contribution in [-0.2, 0) is 0 Å². The van der Waals surface area contributed by atoms with E-state index in [4.69, 9.17) is 0 Å². The van der Waals surface area contributed by atoms with E-state index in [9.17, 15) is 5.11 Å². The molecule has 0 aromatic heterocycles. The second-order valence-electron chi connectivity index (χ2n) is 6.69. The van der Waals surface area contributed by atoms with E-state index in [2.05, 4.69) is 57.3 Å². The van der Waals surface area contributed by atoms with Crippen LogP contribution >= 0.6 is 0 Å². The summed E-state index contributed by atoms with van der Waals surface area (Å²) in [6, 6.07) is 10.9. The molecule has 0 spiro atoms. The summed E-state index contributed by atoms with van der Waals surface area (Å²) in [4.78, 5) is 0. The van der Waals surface area contributed by atoms with Gasteiger partial charge < -0.3 is 10.4 Å². The molecule has 108 valence electrons. The Morgan fingerprint density at radius 2 is 1.68 bits per heavy atom. The summed E-state index contributed by atoms with van der Waals surface area (Å²) in [5.74, 6) is 0.367. The maximum atomic E-state index is 9.68. The zero-order valence-electron chi connectivity index (χ0n) is 13.0. The third-order valence-electron chi connectivity index (χ3n) is 3.87. The van der Waals surface area contributed by atoms with Gasteiger partial charge in [0.15, 0.2) is 0 Å². The molecular formula is C17H29NO. The summed E-state index contributed by atoms with van der Waals surface area (Å²) in [7, 11) is 0. The van der Waals surface area contributed by atoms with E-state index < -0.39 is 0 Å². The molecule has 0 aliphatic rings. The fourth-order valence-corrected chi connectivity index (χ4v) is 2.10. The molecule has 0 saturated heterocycles. The second-order valence-corrected chi connectivity index (χ2v) is 6.69. The first-order valence-electron chi connectivity index (χ1n) is 7.27. The average molecular weight is 263 g/mol. The van der Waals surface area contributed by atoms with Gasteiger partial charge in [0.2, 0.25) is 0 Å². The van der Waals surface area contributed by atoms with Gasteiger partial charge in [-0.15, -0.1) is 0 Å². The van der Waals surface area contributed by atoms with E-state index in [0.29, 0.717) is 12.0 Å². The van der Waals surface area contributed by atoms with Gasteiger partial charge in [-0.3, -0.25) is 0 Å². The van der Waals surface area contributed by atoms with Crippen molar-refractivity contribution in [1.82, 2.24) is 5.32 Å². The van der Waals surface area contributed by atoms with Gasteiger partial charge in [0.25, 0.3) is 0 Å². The van der Waals surface area contributed by atoms with Crippen molar-refractivity contribution in [2.24, 2.45) is 5.41 Å². The molecule has 0 radical (unpaired) electrons. The van der Waals surface area contributed by atoms with Gasteiger partial charge in [0, 0.05) is 12.6 Å². The topological polar surface area (TPSA) is 32.3 Å². The van der Waals surface area contributed by atoms with Crippen molar-refractivity contribution in [2.45, 2.75) is 59.1 Å². The minimum Gasteiger partial charge on any atom is -0.393 e. The Morgan fingerprint density at radius 3 is 2.16 bits per heavy atom. The Kier molecular flexibility index (Phi) is 6.02. The highest BCUT2D eigenvalue weighted by molar-refractivity contribution is 5.20. The van der Waals surface area contributed by atoms with E-state index in [1.807, 2.05) is 13.0 Å². The fourth-order valence-electron chi connectivity index (χ4n) is 2.10. The van der Waals surface area contributed by atoms with E-state index in [-0.39, 0.29) is 11.5 Å². The first-order chi connectivity index (χ1) is 8.80. The van der Waals surface area contributed by atoms with Gasteiger partial charge in [-0.2, -0.15) is 0 Å². The van der Waals surface area contributed by atoms with Gasteiger partial charge in [-0.25, -0.2) is 0 Å². The number of rotatable bonds is 6. The monoisotopic (exact) mass is 263 g/mol. The lowest BCUT2D eigenvalue weighted by molar-refractivity contribution is 0.170. The fraction of sp³-hybridized carbons (Fsp3) is 0.647. The number of nitrogens with one attached hydrogen (secondary N) is 1. The summed E-state index contributed by atoms with van der Waals surface area (Å²) >= 11 is 0.